The monoisotopic (exact) mass is 413 g/mol. The van der Waals surface area contributed by atoms with Crippen molar-refractivity contribution in [3.05, 3.63) is 18.2 Å². The van der Waals surface area contributed by atoms with E-state index in [2.05, 4.69) is 4.98 Å². The lowest BCUT2D eigenvalue weighted by atomic mass is 10.3. The Morgan fingerprint density at radius 2 is 1.93 bits per heavy atom. The molecule has 0 fully saturated rings. The second-order valence-electron chi connectivity index (χ2n) is 5.58. The molecule has 0 spiro atoms. The van der Waals surface area contributed by atoms with Gasteiger partial charge in [-0.15, -0.1) is 0 Å². The molecule has 2 aromatic rings. The van der Waals surface area contributed by atoms with E-state index in [9.17, 15) is 18.0 Å². The largest absolute Gasteiger partial charge is 0.351 e. The van der Waals surface area contributed by atoms with Crippen molar-refractivity contribution in [1.82, 2.24) is 19.2 Å². The Morgan fingerprint density at radius 3 is 2.48 bits per heavy atom. The molecule has 148 valence electrons. The minimum Gasteiger partial charge on any atom is -0.351 e. The summed E-state index contributed by atoms with van der Waals surface area (Å²) in [6.07, 6.45) is 0. The minimum atomic E-state index is -3.58. The molecule has 3 N–H and O–H groups in total. The van der Waals surface area contributed by atoms with Gasteiger partial charge in [-0.2, -0.15) is 4.31 Å². The van der Waals surface area contributed by atoms with Crippen molar-refractivity contribution in [2.45, 2.75) is 37.4 Å². The number of hydrogen-bond acceptors (Lipinski definition) is 6. The Kier molecular flexibility index (Phi) is 6.84. The molecule has 1 heterocycles. The fourth-order valence-corrected chi connectivity index (χ4v) is 5.04. The highest BCUT2D eigenvalue weighted by molar-refractivity contribution is 7.99. The fraction of sp³-hybridized carbons (Fsp3) is 0.438. The number of carbonyl (C=O) groups is 2. The smallest absolute Gasteiger partial charge is 0.318 e. The first-order valence-corrected chi connectivity index (χ1v) is 10.9. The summed E-state index contributed by atoms with van der Waals surface area (Å²) in [6, 6.07) is 3.92. The van der Waals surface area contributed by atoms with Gasteiger partial charge in [0.1, 0.15) is 0 Å². The number of primary amides is 1. The highest BCUT2D eigenvalue weighted by Gasteiger charge is 2.23. The van der Waals surface area contributed by atoms with E-state index in [1.165, 1.54) is 4.31 Å². The van der Waals surface area contributed by atoms with Gasteiger partial charge < -0.3 is 10.3 Å². The van der Waals surface area contributed by atoms with E-state index < -0.39 is 22.0 Å². The highest BCUT2D eigenvalue weighted by atomic mass is 32.2. The van der Waals surface area contributed by atoms with E-state index in [1.807, 2.05) is 16.8 Å². The molecule has 9 nitrogen and oxygen atoms in total. The topological polar surface area (TPSA) is 127 Å². The number of aromatic nitrogens is 2. The molecule has 3 amide bonds. The second-order valence-corrected chi connectivity index (χ2v) is 8.46. The third kappa shape index (κ3) is 4.60. The summed E-state index contributed by atoms with van der Waals surface area (Å²) in [4.78, 5) is 27.0. The second kappa shape index (κ2) is 8.72. The zero-order valence-electron chi connectivity index (χ0n) is 15.4. The summed E-state index contributed by atoms with van der Waals surface area (Å²) >= 11 is 1.15. The van der Waals surface area contributed by atoms with Crippen molar-refractivity contribution in [2.75, 3.05) is 18.8 Å². The number of urea groups is 1. The molecule has 0 radical (unpaired) electrons. The number of aryl methyl sites for hydroxylation is 1. The van der Waals surface area contributed by atoms with Crippen LogP contribution in [-0.4, -0.2) is 53.1 Å². The maximum absolute atomic E-state index is 12.7. The quantitative estimate of drug-likeness (QED) is 0.629. The lowest BCUT2D eigenvalue weighted by molar-refractivity contribution is -0.117. The van der Waals surface area contributed by atoms with E-state index in [0.717, 1.165) is 17.3 Å². The zero-order valence-corrected chi connectivity index (χ0v) is 17.1. The van der Waals surface area contributed by atoms with E-state index in [-0.39, 0.29) is 10.6 Å². The molecule has 0 saturated heterocycles. The maximum Gasteiger partial charge on any atom is 0.318 e. The Hall–Kier alpha value is -2.11. The van der Waals surface area contributed by atoms with Crippen LogP contribution in [0.4, 0.5) is 4.79 Å². The Labute approximate surface area is 162 Å². The lowest BCUT2D eigenvalue weighted by Gasteiger charge is -2.18. The van der Waals surface area contributed by atoms with Crippen molar-refractivity contribution in [2.24, 2.45) is 5.73 Å². The van der Waals surface area contributed by atoms with Gasteiger partial charge in [0, 0.05) is 19.6 Å². The van der Waals surface area contributed by atoms with Gasteiger partial charge in [0.25, 0.3) is 0 Å². The summed E-state index contributed by atoms with van der Waals surface area (Å²) in [7, 11) is -3.58. The molecule has 0 aliphatic carbocycles. The number of nitrogens with zero attached hydrogens (tertiary/aromatic N) is 3. The number of imide groups is 1. The van der Waals surface area contributed by atoms with Gasteiger partial charge in [0.05, 0.1) is 21.7 Å². The van der Waals surface area contributed by atoms with Gasteiger partial charge in [-0.1, -0.05) is 25.6 Å². The first kappa shape index (κ1) is 21.2. The number of rotatable bonds is 8. The molecule has 2 rings (SSSR count). The number of hydrogen-bond donors (Lipinski definition) is 2. The molecule has 1 aromatic carbocycles. The van der Waals surface area contributed by atoms with Crippen LogP contribution >= 0.6 is 11.8 Å². The van der Waals surface area contributed by atoms with Crippen LogP contribution in [0.2, 0.25) is 0 Å². The number of amides is 3. The van der Waals surface area contributed by atoms with E-state index in [4.69, 9.17) is 5.73 Å². The van der Waals surface area contributed by atoms with Crippen LogP contribution in [0.3, 0.4) is 0 Å². The van der Waals surface area contributed by atoms with Crippen LogP contribution in [0, 0.1) is 0 Å². The van der Waals surface area contributed by atoms with Crippen molar-refractivity contribution >= 4 is 44.8 Å². The molecule has 0 unspecified atom stereocenters. The van der Waals surface area contributed by atoms with Crippen molar-refractivity contribution < 1.29 is 18.0 Å². The Bertz CT molecular complexity index is 951. The minimum absolute atomic E-state index is 0.0309. The number of benzene rings is 1. The molecular weight excluding hydrogens is 390 g/mol. The third-order valence-electron chi connectivity index (χ3n) is 3.94. The summed E-state index contributed by atoms with van der Waals surface area (Å²) < 4.78 is 28.7. The summed E-state index contributed by atoms with van der Waals surface area (Å²) in [5.41, 5.74) is 6.22. The van der Waals surface area contributed by atoms with Crippen LogP contribution < -0.4 is 11.1 Å². The predicted molar refractivity (Wildman–Crippen MR) is 104 cm³/mol. The molecule has 0 aliphatic rings. The van der Waals surface area contributed by atoms with Gasteiger partial charge in [-0.05, 0) is 25.1 Å². The van der Waals surface area contributed by atoms with Crippen LogP contribution in [0.25, 0.3) is 11.0 Å². The molecule has 11 heteroatoms. The SMILES string of the molecule is CCN(CC)S(=O)(=O)c1ccc2c(c1)nc(SCC(=O)NC(N)=O)n2CC. The van der Waals surface area contributed by atoms with Crippen LogP contribution in [0.15, 0.2) is 28.3 Å². The zero-order chi connectivity index (χ0) is 20.2. The number of sulfonamides is 1. The molecule has 0 aliphatic heterocycles. The number of carbonyl (C=O) groups excluding carboxylic acids is 2. The number of thioether (sulfide) groups is 1. The number of nitrogens with one attached hydrogen (secondary N) is 1. The standard InChI is InChI=1S/C16H23N5O4S2/c1-4-20(5-2)27(24,25)11-7-8-13-12(9-11)18-16(21(13)6-3)26-10-14(22)19-15(17)23/h7-9H,4-6,10H2,1-3H3,(H3,17,19,22,23). The van der Waals surface area contributed by atoms with E-state index in [1.54, 1.807) is 32.0 Å². The van der Waals surface area contributed by atoms with Crippen molar-refractivity contribution in [3.63, 3.8) is 0 Å². The molecule has 0 saturated carbocycles. The summed E-state index contributed by atoms with van der Waals surface area (Å²) in [6.45, 7) is 6.87. The van der Waals surface area contributed by atoms with Gasteiger partial charge in [0.2, 0.25) is 15.9 Å². The van der Waals surface area contributed by atoms with Gasteiger partial charge in [0.15, 0.2) is 5.16 Å². The van der Waals surface area contributed by atoms with Gasteiger partial charge >= 0.3 is 6.03 Å². The van der Waals surface area contributed by atoms with Crippen LogP contribution in [0.5, 0.6) is 0 Å². The van der Waals surface area contributed by atoms with E-state index >= 15 is 0 Å². The van der Waals surface area contributed by atoms with Crippen LogP contribution in [-0.2, 0) is 21.4 Å². The van der Waals surface area contributed by atoms with E-state index in [0.29, 0.717) is 30.3 Å². The van der Waals surface area contributed by atoms with Gasteiger partial charge in [-0.25, -0.2) is 18.2 Å². The summed E-state index contributed by atoms with van der Waals surface area (Å²) in [5, 5.41) is 2.56. The molecule has 0 atom stereocenters. The predicted octanol–water partition coefficient (Wildman–Crippen LogP) is 1.37. The first-order valence-electron chi connectivity index (χ1n) is 8.47. The highest BCUT2D eigenvalue weighted by Crippen LogP contribution is 2.27. The Balaban J connectivity index is 2.37. The van der Waals surface area contributed by atoms with Crippen molar-refractivity contribution in [1.29, 1.82) is 0 Å². The fourth-order valence-electron chi connectivity index (χ4n) is 2.68. The number of nitrogens with two attached hydrogens (primary N) is 1. The average molecular weight is 414 g/mol. The Morgan fingerprint density at radius 1 is 1.26 bits per heavy atom. The molecule has 27 heavy (non-hydrogen) atoms. The lowest BCUT2D eigenvalue weighted by Crippen LogP contribution is -2.36. The normalized spacial score (nSPS) is 11.9. The summed E-state index contributed by atoms with van der Waals surface area (Å²) in [5.74, 6) is -0.552. The van der Waals surface area contributed by atoms with Crippen molar-refractivity contribution in [3.8, 4) is 0 Å². The molecular formula is C16H23N5O4S2. The first-order chi connectivity index (χ1) is 12.7. The molecule has 0 bridgehead atoms. The maximum atomic E-state index is 12.7. The third-order valence-corrected chi connectivity index (χ3v) is 6.96. The van der Waals surface area contributed by atoms with Crippen LogP contribution in [0.1, 0.15) is 20.8 Å². The molecule has 1 aromatic heterocycles. The number of imidazole rings is 1. The number of fused-ring (bicyclic) bond motifs is 1. The average Bonchev–Trinajstić information content (AvgIpc) is 2.96. The van der Waals surface area contributed by atoms with Gasteiger partial charge in [-0.3, -0.25) is 10.1 Å².